The van der Waals surface area contributed by atoms with E-state index in [2.05, 4.69) is 60.2 Å². The number of piperidine rings is 1. The average molecular weight is 330 g/mol. The summed E-state index contributed by atoms with van der Waals surface area (Å²) in [4.78, 5) is 5.42. The molecule has 3 rings (SSSR count). The fraction of sp³-hybridized carbons (Fsp3) is 0.714. The molecule has 2 aliphatic rings. The molecule has 0 amide bonds. The number of hydrogen-bond donors (Lipinski definition) is 1. The van der Waals surface area contributed by atoms with Gasteiger partial charge in [-0.05, 0) is 49.8 Å². The van der Waals surface area contributed by atoms with Gasteiger partial charge in [0.25, 0.3) is 0 Å². The summed E-state index contributed by atoms with van der Waals surface area (Å²) in [5.74, 6) is 0.851. The smallest absolute Gasteiger partial charge is 0.0476 e. The van der Waals surface area contributed by atoms with Gasteiger partial charge in [0, 0.05) is 44.8 Å². The van der Waals surface area contributed by atoms with Gasteiger partial charge in [0.1, 0.15) is 0 Å². The zero-order valence-corrected chi connectivity index (χ0v) is 15.8. The van der Waals surface area contributed by atoms with Crippen molar-refractivity contribution in [3.63, 3.8) is 0 Å². The Hall–Kier alpha value is -0.900. The molecule has 0 radical (unpaired) electrons. The summed E-state index contributed by atoms with van der Waals surface area (Å²) >= 11 is 0. The maximum absolute atomic E-state index is 3.59. The second-order valence-electron chi connectivity index (χ2n) is 7.97. The molecule has 24 heavy (non-hydrogen) atoms. The lowest BCUT2D eigenvalue weighted by Gasteiger charge is -2.41. The Kier molecular flexibility index (Phi) is 6.31. The summed E-state index contributed by atoms with van der Waals surface area (Å²) in [6.45, 7) is 14.1. The van der Waals surface area contributed by atoms with Crippen LogP contribution >= 0.6 is 0 Å². The minimum absolute atomic E-state index is 0.533. The summed E-state index contributed by atoms with van der Waals surface area (Å²) in [7, 11) is 0. The van der Waals surface area contributed by atoms with E-state index in [-0.39, 0.29) is 0 Å². The van der Waals surface area contributed by atoms with E-state index < -0.39 is 0 Å². The minimum atomic E-state index is 0.533. The van der Waals surface area contributed by atoms with Crippen molar-refractivity contribution in [2.24, 2.45) is 5.92 Å². The summed E-state index contributed by atoms with van der Waals surface area (Å²) in [6.07, 6.45) is 3.89. The second-order valence-corrected chi connectivity index (χ2v) is 7.97. The lowest BCUT2D eigenvalue weighted by Crippen LogP contribution is -2.52. The highest BCUT2D eigenvalue weighted by molar-refractivity contribution is 5.25. The number of rotatable bonds is 5. The van der Waals surface area contributed by atoms with Crippen LogP contribution in [0, 0.1) is 5.92 Å². The molecule has 1 aromatic rings. The van der Waals surface area contributed by atoms with Crippen molar-refractivity contribution in [1.82, 2.24) is 15.1 Å². The van der Waals surface area contributed by atoms with Gasteiger partial charge in [0.2, 0.25) is 0 Å². The first kappa shape index (κ1) is 17.9. The number of aryl methyl sites for hydroxylation is 1. The van der Waals surface area contributed by atoms with Gasteiger partial charge in [-0.15, -0.1) is 0 Å². The van der Waals surface area contributed by atoms with Crippen LogP contribution in [0.25, 0.3) is 0 Å². The fourth-order valence-corrected chi connectivity index (χ4v) is 4.35. The largest absolute Gasteiger partial charge is 0.312 e. The Balaban J connectivity index is 1.76. The second kappa shape index (κ2) is 8.46. The first-order chi connectivity index (χ1) is 11.7. The summed E-state index contributed by atoms with van der Waals surface area (Å²) < 4.78 is 0. The molecule has 0 aliphatic carbocycles. The molecular weight excluding hydrogens is 294 g/mol. The summed E-state index contributed by atoms with van der Waals surface area (Å²) in [6, 6.07) is 10.5. The highest BCUT2D eigenvalue weighted by Gasteiger charge is 2.28. The third-order valence-corrected chi connectivity index (χ3v) is 5.79. The van der Waals surface area contributed by atoms with E-state index in [1.807, 2.05) is 0 Å². The maximum Gasteiger partial charge on any atom is 0.0476 e. The van der Waals surface area contributed by atoms with Crippen LogP contribution in [0.4, 0.5) is 0 Å². The molecule has 3 heteroatoms. The Bertz CT molecular complexity index is 498. The molecule has 2 aliphatic heterocycles. The molecule has 0 bridgehead atoms. The first-order valence-electron chi connectivity index (χ1n) is 9.94. The highest BCUT2D eigenvalue weighted by Crippen LogP contribution is 2.26. The number of nitrogens with zero attached hydrogens (tertiary/aromatic N) is 2. The van der Waals surface area contributed by atoms with Crippen LogP contribution in [0.5, 0.6) is 0 Å². The van der Waals surface area contributed by atoms with E-state index in [9.17, 15) is 0 Å². The van der Waals surface area contributed by atoms with E-state index in [1.54, 1.807) is 0 Å². The monoisotopic (exact) mass is 329 g/mol. The molecule has 0 aromatic heterocycles. The molecule has 3 unspecified atom stereocenters. The molecule has 2 saturated heterocycles. The predicted molar refractivity (Wildman–Crippen MR) is 102 cm³/mol. The third kappa shape index (κ3) is 4.59. The van der Waals surface area contributed by atoms with Crippen LogP contribution in [0.1, 0.15) is 50.8 Å². The van der Waals surface area contributed by atoms with Gasteiger partial charge < -0.3 is 10.2 Å². The van der Waals surface area contributed by atoms with Gasteiger partial charge in [-0.3, -0.25) is 4.90 Å². The predicted octanol–water partition coefficient (Wildman–Crippen LogP) is 3.32. The third-order valence-electron chi connectivity index (χ3n) is 5.79. The SMILES string of the molecule is CCc1ccc(C(CN2CCCC(C)C2)N2CCNC(C)C2)cc1. The number of hydrogen-bond acceptors (Lipinski definition) is 3. The van der Waals surface area contributed by atoms with Gasteiger partial charge in [0.05, 0.1) is 0 Å². The molecule has 1 aromatic carbocycles. The Morgan fingerprint density at radius 3 is 2.58 bits per heavy atom. The number of piperazine rings is 1. The van der Waals surface area contributed by atoms with Crippen molar-refractivity contribution in [3.8, 4) is 0 Å². The maximum atomic E-state index is 3.59. The van der Waals surface area contributed by atoms with E-state index in [0.717, 1.165) is 32.0 Å². The molecule has 1 N–H and O–H groups in total. The van der Waals surface area contributed by atoms with Gasteiger partial charge in [-0.25, -0.2) is 0 Å². The molecule has 0 saturated carbocycles. The normalized spacial score (nSPS) is 28.0. The molecule has 3 atom stereocenters. The van der Waals surface area contributed by atoms with Crippen LogP contribution in [0.2, 0.25) is 0 Å². The van der Waals surface area contributed by atoms with Crippen molar-refractivity contribution in [2.75, 3.05) is 39.3 Å². The van der Waals surface area contributed by atoms with Crippen LogP contribution in [-0.2, 0) is 6.42 Å². The van der Waals surface area contributed by atoms with Crippen LogP contribution in [0.15, 0.2) is 24.3 Å². The van der Waals surface area contributed by atoms with Gasteiger partial charge in [-0.2, -0.15) is 0 Å². The van der Waals surface area contributed by atoms with Gasteiger partial charge in [0.15, 0.2) is 0 Å². The van der Waals surface area contributed by atoms with E-state index >= 15 is 0 Å². The molecule has 2 fully saturated rings. The average Bonchev–Trinajstić information content (AvgIpc) is 2.60. The summed E-state index contributed by atoms with van der Waals surface area (Å²) in [5.41, 5.74) is 2.94. The standard InChI is InChI=1S/C21H35N3/c1-4-19-7-9-20(10-8-19)21(24-13-11-22-18(3)15-24)16-23-12-5-6-17(2)14-23/h7-10,17-18,21-22H,4-6,11-16H2,1-3H3. The molecule has 134 valence electrons. The van der Waals surface area contributed by atoms with Crippen molar-refractivity contribution in [3.05, 3.63) is 35.4 Å². The van der Waals surface area contributed by atoms with Crippen LogP contribution < -0.4 is 5.32 Å². The lowest BCUT2D eigenvalue weighted by molar-refractivity contribution is 0.0895. The number of benzene rings is 1. The Morgan fingerprint density at radius 2 is 1.92 bits per heavy atom. The fourth-order valence-electron chi connectivity index (χ4n) is 4.35. The quantitative estimate of drug-likeness (QED) is 0.894. The van der Waals surface area contributed by atoms with Crippen molar-refractivity contribution >= 4 is 0 Å². The Labute approximate surface area is 148 Å². The minimum Gasteiger partial charge on any atom is -0.312 e. The number of nitrogens with one attached hydrogen (secondary N) is 1. The summed E-state index contributed by atoms with van der Waals surface area (Å²) in [5, 5.41) is 3.59. The first-order valence-corrected chi connectivity index (χ1v) is 9.94. The van der Waals surface area contributed by atoms with Gasteiger partial charge in [-0.1, -0.05) is 38.1 Å². The van der Waals surface area contributed by atoms with Gasteiger partial charge >= 0.3 is 0 Å². The molecule has 0 spiro atoms. The van der Waals surface area contributed by atoms with E-state index in [1.165, 1.54) is 43.6 Å². The topological polar surface area (TPSA) is 18.5 Å². The van der Waals surface area contributed by atoms with Crippen LogP contribution in [0.3, 0.4) is 0 Å². The van der Waals surface area contributed by atoms with Crippen molar-refractivity contribution < 1.29 is 0 Å². The van der Waals surface area contributed by atoms with E-state index in [0.29, 0.717) is 12.1 Å². The van der Waals surface area contributed by atoms with Crippen molar-refractivity contribution in [2.45, 2.75) is 52.1 Å². The molecular formula is C21H35N3. The van der Waals surface area contributed by atoms with E-state index in [4.69, 9.17) is 0 Å². The number of likely N-dealkylation sites (tertiary alicyclic amines) is 1. The zero-order valence-electron chi connectivity index (χ0n) is 15.8. The van der Waals surface area contributed by atoms with Crippen molar-refractivity contribution in [1.29, 1.82) is 0 Å². The van der Waals surface area contributed by atoms with Crippen LogP contribution in [-0.4, -0.2) is 55.1 Å². The lowest BCUT2D eigenvalue weighted by atomic mass is 9.97. The Morgan fingerprint density at radius 1 is 1.12 bits per heavy atom. The molecule has 2 heterocycles. The highest BCUT2D eigenvalue weighted by atomic mass is 15.3. The molecule has 3 nitrogen and oxygen atoms in total. The zero-order chi connectivity index (χ0) is 16.9.